The molecule has 6 heteroatoms. The first-order valence-corrected chi connectivity index (χ1v) is 10.1. The van der Waals surface area contributed by atoms with E-state index in [0.29, 0.717) is 12.8 Å². The van der Waals surface area contributed by atoms with Crippen molar-refractivity contribution in [1.82, 2.24) is 4.72 Å². The van der Waals surface area contributed by atoms with Crippen LogP contribution in [0.15, 0.2) is 23.1 Å². The number of hydrogen-bond donors (Lipinski definition) is 1. The third kappa shape index (κ3) is 3.22. The summed E-state index contributed by atoms with van der Waals surface area (Å²) in [6, 6.07) is 5.20. The first-order chi connectivity index (χ1) is 11.1. The molecular formula is C18H26N2O3S. The van der Waals surface area contributed by atoms with Crippen molar-refractivity contribution in [2.45, 2.75) is 69.9 Å². The van der Waals surface area contributed by atoms with Crippen molar-refractivity contribution in [3.05, 3.63) is 23.8 Å². The van der Waals surface area contributed by atoms with Crippen LogP contribution in [-0.4, -0.2) is 25.9 Å². The normalized spacial score (nSPS) is 21.0. The van der Waals surface area contributed by atoms with Gasteiger partial charge >= 0.3 is 0 Å². The summed E-state index contributed by atoms with van der Waals surface area (Å²) in [5, 5.41) is 0. The first-order valence-electron chi connectivity index (χ1n) is 8.64. The molecule has 0 bridgehead atoms. The van der Waals surface area contributed by atoms with Crippen molar-refractivity contribution in [3.8, 4) is 0 Å². The number of nitrogens with one attached hydrogen (secondary N) is 1. The number of rotatable bonds is 5. The standard InChI is InChI=1S/C18H26N2O3S/c1-5-18(3,4)19-24(22,23)15-8-9-16-14(11-15)10-12(2)20(16)17(21)13-6-7-13/h8-9,11-13,19H,5-7,10H2,1-4H3. The maximum atomic E-state index is 12.6. The highest BCUT2D eigenvalue weighted by Crippen LogP contribution is 2.39. The molecule has 1 aromatic rings. The fourth-order valence-corrected chi connectivity index (χ4v) is 4.67. The van der Waals surface area contributed by atoms with E-state index in [1.807, 2.05) is 32.6 Å². The van der Waals surface area contributed by atoms with E-state index >= 15 is 0 Å². The Morgan fingerprint density at radius 2 is 2.00 bits per heavy atom. The lowest BCUT2D eigenvalue weighted by Crippen LogP contribution is -2.42. The molecule has 1 amide bonds. The first kappa shape index (κ1) is 17.4. The van der Waals surface area contributed by atoms with Crippen molar-refractivity contribution >= 4 is 21.6 Å². The van der Waals surface area contributed by atoms with Crippen molar-refractivity contribution in [1.29, 1.82) is 0 Å². The van der Waals surface area contributed by atoms with Crippen molar-refractivity contribution in [2.75, 3.05) is 4.90 Å². The van der Waals surface area contributed by atoms with Crippen LogP contribution >= 0.6 is 0 Å². The number of anilines is 1. The number of carbonyl (C=O) groups is 1. The summed E-state index contributed by atoms with van der Waals surface area (Å²) in [5.41, 5.74) is 1.32. The van der Waals surface area contributed by atoms with Gasteiger partial charge in [0.05, 0.1) is 4.90 Å². The predicted molar refractivity (Wildman–Crippen MR) is 94.5 cm³/mol. The zero-order valence-corrected chi connectivity index (χ0v) is 15.6. The maximum absolute atomic E-state index is 12.6. The third-order valence-corrected chi connectivity index (χ3v) is 6.73. The lowest BCUT2D eigenvalue weighted by Gasteiger charge is -2.24. The molecule has 1 saturated carbocycles. The zero-order valence-electron chi connectivity index (χ0n) is 14.8. The number of amides is 1. The summed E-state index contributed by atoms with van der Waals surface area (Å²) in [4.78, 5) is 14.6. The van der Waals surface area contributed by atoms with Gasteiger partial charge in [0.1, 0.15) is 0 Å². The van der Waals surface area contributed by atoms with E-state index in [-0.39, 0.29) is 22.8 Å². The molecule has 0 radical (unpaired) electrons. The third-order valence-electron chi connectivity index (χ3n) is 5.04. The van der Waals surface area contributed by atoms with E-state index in [1.54, 1.807) is 18.2 Å². The van der Waals surface area contributed by atoms with Gasteiger partial charge in [-0.2, -0.15) is 0 Å². The Morgan fingerprint density at radius 3 is 2.58 bits per heavy atom. The van der Waals surface area contributed by atoms with E-state index in [1.165, 1.54) is 0 Å². The van der Waals surface area contributed by atoms with Gasteiger partial charge in [-0.15, -0.1) is 0 Å². The smallest absolute Gasteiger partial charge is 0.241 e. The molecule has 1 aliphatic carbocycles. The Labute approximate surface area is 144 Å². The summed E-state index contributed by atoms with van der Waals surface area (Å²) in [6.07, 6.45) is 3.35. The van der Waals surface area contributed by atoms with Gasteiger partial charge in [0.2, 0.25) is 15.9 Å². The average molecular weight is 350 g/mol. The molecule has 1 atom stereocenters. The van der Waals surface area contributed by atoms with Crippen LogP contribution in [0.5, 0.6) is 0 Å². The lowest BCUT2D eigenvalue weighted by molar-refractivity contribution is -0.120. The van der Waals surface area contributed by atoms with Crippen LogP contribution in [0.1, 0.15) is 52.5 Å². The van der Waals surface area contributed by atoms with Gasteiger partial charge in [-0.1, -0.05) is 6.92 Å². The van der Waals surface area contributed by atoms with Crippen LogP contribution in [-0.2, 0) is 21.2 Å². The molecule has 1 heterocycles. The van der Waals surface area contributed by atoms with Crippen LogP contribution in [0.25, 0.3) is 0 Å². The summed E-state index contributed by atoms with van der Waals surface area (Å²) in [7, 11) is -3.56. The second kappa shape index (κ2) is 5.85. The number of fused-ring (bicyclic) bond motifs is 1. The molecule has 2 aliphatic rings. The van der Waals surface area contributed by atoms with Crippen molar-refractivity contribution in [3.63, 3.8) is 0 Å². The predicted octanol–water partition coefficient (Wildman–Crippen LogP) is 2.84. The molecule has 132 valence electrons. The Morgan fingerprint density at radius 1 is 1.33 bits per heavy atom. The van der Waals surface area contributed by atoms with E-state index in [0.717, 1.165) is 24.1 Å². The van der Waals surface area contributed by atoms with Gasteiger partial charge in [0.15, 0.2) is 0 Å². The van der Waals surface area contributed by atoms with Gasteiger partial charge in [-0.25, -0.2) is 13.1 Å². The summed E-state index contributed by atoms with van der Waals surface area (Å²) < 4.78 is 28.0. The summed E-state index contributed by atoms with van der Waals surface area (Å²) >= 11 is 0. The van der Waals surface area contributed by atoms with Gasteiger partial charge in [-0.3, -0.25) is 4.79 Å². The Bertz CT molecular complexity index is 766. The minimum absolute atomic E-state index is 0.0890. The fourth-order valence-electron chi connectivity index (χ4n) is 3.13. The Hall–Kier alpha value is -1.40. The van der Waals surface area contributed by atoms with E-state index < -0.39 is 15.6 Å². The molecule has 1 fully saturated rings. The second-order valence-corrected chi connectivity index (χ2v) is 9.35. The number of hydrogen-bond acceptors (Lipinski definition) is 3. The molecule has 3 rings (SSSR count). The van der Waals surface area contributed by atoms with E-state index in [2.05, 4.69) is 4.72 Å². The molecule has 1 aliphatic heterocycles. The molecule has 1 aromatic carbocycles. The quantitative estimate of drug-likeness (QED) is 0.888. The Kier molecular flexibility index (Phi) is 4.24. The highest BCUT2D eigenvalue weighted by molar-refractivity contribution is 7.89. The topological polar surface area (TPSA) is 66.5 Å². The van der Waals surface area contributed by atoms with E-state index in [4.69, 9.17) is 0 Å². The molecule has 0 aromatic heterocycles. The highest BCUT2D eigenvalue weighted by atomic mass is 32.2. The maximum Gasteiger partial charge on any atom is 0.241 e. The minimum atomic E-state index is -3.56. The fraction of sp³-hybridized carbons (Fsp3) is 0.611. The molecular weight excluding hydrogens is 324 g/mol. The van der Waals surface area contributed by atoms with Crippen LogP contribution in [0.2, 0.25) is 0 Å². The monoisotopic (exact) mass is 350 g/mol. The highest BCUT2D eigenvalue weighted by Gasteiger charge is 2.39. The van der Waals surface area contributed by atoms with Crippen LogP contribution in [0.3, 0.4) is 0 Å². The van der Waals surface area contributed by atoms with Gasteiger partial charge in [0.25, 0.3) is 0 Å². The number of carbonyl (C=O) groups excluding carboxylic acids is 1. The zero-order chi connectivity index (χ0) is 17.7. The molecule has 0 saturated heterocycles. The van der Waals surface area contributed by atoms with Gasteiger partial charge in [-0.05, 0) is 70.2 Å². The van der Waals surface area contributed by atoms with Gasteiger partial charge in [0, 0.05) is 23.2 Å². The largest absolute Gasteiger partial charge is 0.309 e. The van der Waals surface area contributed by atoms with Crippen molar-refractivity contribution < 1.29 is 13.2 Å². The number of nitrogens with zero attached hydrogens (tertiary/aromatic N) is 1. The summed E-state index contributed by atoms with van der Waals surface area (Å²) in [6.45, 7) is 7.72. The second-order valence-electron chi connectivity index (χ2n) is 7.67. The number of sulfonamides is 1. The minimum Gasteiger partial charge on any atom is -0.309 e. The van der Waals surface area contributed by atoms with Crippen LogP contribution in [0, 0.1) is 5.92 Å². The average Bonchev–Trinajstić information content (AvgIpc) is 3.27. The van der Waals surface area contributed by atoms with E-state index in [9.17, 15) is 13.2 Å². The van der Waals surface area contributed by atoms with Crippen LogP contribution < -0.4 is 9.62 Å². The van der Waals surface area contributed by atoms with Crippen LogP contribution in [0.4, 0.5) is 5.69 Å². The number of benzene rings is 1. The molecule has 0 spiro atoms. The van der Waals surface area contributed by atoms with Crippen molar-refractivity contribution in [2.24, 2.45) is 5.92 Å². The molecule has 1 unspecified atom stereocenters. The van der Waals surface area contributed by atoms with Gasteiger partial charge < -0.3 is 4.90 Å². The molecule has 5 nitrogen and oxygen atoms in total. The molecule has 1 N–H and O–H groups in total. The Balaban J connectivity index is 1.90. The SMILES string of the molecule is CCC(C)(C)NS(=O)(=O)c1ccc2c(c1)CC(C)N2C(=O)C1CC1. The lowest BCUT2D eigenvalue weighted by atomic mass is 10.0. The summed E-state index contributed by atoms with van der Waals surface area (Å²) in [5.74, 6) is 0.343. The molecule has 24 heavy (non-hydrogen) atoms.